The Bertz CT molecular complexity index is 499. The standard InChI is InChI=1S/C16H24O3.Na/c1-10-7-13(17)12(8-11(10)14(18)19)16(5,6)9-15(2,3)4;/h7-8,17H,9H2,1-6H3,(H,18,19);/q;+1/p-1. The van der Waals surface area contributed by atoms with Gasteiger partial charge in [0, 0.05) is 11.1 Å². The third kappa shape index (κ3) is 4.80. The topological polar surface area (TPSA) is 60.4 Å². The Morgan fingerprint density at radius 2 is 1.70 bits per heavy atom. The van der Waals surface area contributed by atoms with Gasteiger partial charge in [-0.2, -0.15) is 0 Å². The Morgan fingerprint density at radius 1 is 1.20 bits per heavy atom. The predicted octanol–water partition coefficient (Wildman–Crippen LogP) is -0.218. The van der Waals surface area contributed by atoms with Crippen LogP contribution in [0.1, 0.15) is 62.5 Å². The van der Waals surface area contributed by atoms with Crippen molar-refractivity contribution in [1.82, 2.24) is 0 Å². The molecule has 1 aromatic rings. The first kappa shape index (κ1) is 19.5. The molecule has 0 aliphatic heterocycles. The average molecular weight is 286 g/mol. The van der Waals surface area contributed by atoms with Crippen molar-refractivity contribution < 1.29 is 44.6 Å². The minimum Gasteiger partial charge on any atom is -0.545 e. The molecule has 20 heavy (non-hydrogen) atoms. The summed E-state index contributed by atoms with van der Waals surface area (Å²) in [4.78, 5) is 11.1. The third-order valence-electron chi connectivity index (χ3n) is 3.26. The molecule has 0 spiro atoms. The quantitative estimate of drug-likeness (QED) is 0.782. The molecule has 0 saturated heterocycles. The molecule has 0 saturated carbocycles. The molecule has 0 bridgehead atoms. The van der Waals surface area contributed by atoms with E-state index in [0.717, 1.165) is 6.42 Å². The number of aromatic carboxylic acids is 1. The van der Waals surface area contributed by atoms with E-state index in [1.165, 1.54) is 6.07 Å². The van der Waals surface area contributed by atoms with Gasteiger partial charge in [-0.3, -0.25) is 0 Å². The van der Waals surface area contributed by atoms with Gasteiger partial charge in [-0.25, -0.2) is 0 Å². The second-order valence-electron chi connectivity index (χ2n) is 7.09. The van der Waals surface area contributed by atoms with Crippen LogP contribution in [0.5, 0.6) is 5.75 Å². The fraction of sp³-hybridized carbons (Fsp3) is 0.562. The smallest absolute Gasteiger partial charge is 0.545 e. The summed E-state index contributed by atoms with van der Waals surface area (Å²) in [7, 11) is 0. The number of benzene rings is 1. The van der Waals surface area contributed by atoms with E-state index in [4.69, 9.17) is 0 Å². The van der Waals surface area contributed by atoms with Gasteiger partial charge in [0.05, 0.1) is 5.97 Å². The van der Waals surface area contributed by atoms with Crippen molar-refractivity contribution in [3.05, 3.63) is 28.8 Å². The van der Waals surface area contributed by atoms with Gasteiger partial charge in [0.25, 0.3) is 0 Å². The summed E-state index contributed by atoms with van der Waals surface area (Å²) in [5, 5.41) is 21.2. The van der Waals surface area contributed by atoms with E-state index in [0.29, 0.717) is 11.1 Å². The van der Waals surface area contributed by atoms with Crippen molar-refractivity contribution in [2.45, 2.75) is 53.4 Å². The SMILES string of the molecule is Cc1cc(O)c(C(C)(C)CC(C)(C)C)cc1C(=O)[O-].[Na+]. The Morgan fingerprint density at radius 3 is 2.10 bits per heavy atom. The zero-order chi connectivity index (χ0) is 15.0. The first-order chi connectivity index (χ1) is 8.44. The Labute approximate surface area is 143 Å². The fourth-order valence-corrected chi connectivity index (χ4v) is 2.88. The number of hydrogen-bond donors (Lipinski definition) is 1. The second-order valence-corrected chi connectivity index (χ2v) is 7.09. The monoisotopic (exact) mass is 286 g/mol. The summed E-state index contributed by atoms with van der Waals surface area (Å²) in [6.45, 7) is 12.1. The Kier molecular flexibility index (Phi) is 6.34. The number of phenolic OH excluding ortho intramolecular Hbond substituents is 1. The maximum atomic E-state index is 11.1. The number of carbonyl (C=O) groups excluding carboxylic acids is 1. The Balaban J connectivity index is 0.00000361. The molecule has 0 aliphatic carbocycles. The summed E-state index contributed by atoms with van der Waals surface area (Å²) < 4.78 is 0. The van der Waals surface area contributed by atoms with Crippen molar-refractivity contribution in [3.8, 4) is 5.75 Å². The third-order valence-corrected chi connectivity index (χ3v) is 3.26. The minimum absolute atomic E-state index is 0. The van der Waals surface area contributed by atoms with E-state index >= 15 is 0 Å². The van der Waals surface area contributed by atoms with Gasteiger partial charge in [0.2, 0.25) is 0 Å². The van der Waals surface area contributed by atoms with Crippen molar-refractivity contribution in [2.75, 3.05) is 0 Å². The van der Waals surface area contributed by atoms with Gasteiger partial charge in [-0.1, -0.05) is 34.6 Å². The van der Waals surface area contributed by atoms with Crippen LogP contribution in [0.15, 0.2) is 12.1 Å². The summed E-state index contributed by atoms with van der Waals surface area (Å²) in [5.41, 5.74) is 1.11. The maximum absolute atomic E-state index is 11.1. The molecule has 1 aromatic carbocycles. The predicted molar refractivity (Wildman–Crippen MR) is 74.3 cm³/mol. The zero-order valence-corrected chi connectivity index (χ0v) is 15.6. The molecular formula is C16H23NaO3. The van der Waals surface area contributed by atoms with Gasteiger partial charge in [-0.15, -0.1) is 0 Å². The van der Waals surface area contributed by atoms with Crippen LogP contribution < -0.4 is 34.7 Å². The van der Waals surface area contributed by atoms with Gasteiger partial charge in [0.1, 0.15) is 5.75 Å². The summed E-state index contributed by atoms with van der Waals surface area (Å²) >= 11 is 0. The molecule has 0 aliphatic rings. The van der Waals surface area contributed by atoms with E-state index in [2.05, 4.69) is 20.8 Å². The molecule has 106 valence electrons. The minimum atomic E-state index is -1.20. The summed E-state index contributed by atoms with van der Waals surface area (Å²) in [6.07, 6.45) is 0.836. The second kappa shape index (κ2) is 6.50. The first-order valence-electron chi connectivity index (χ1n) is 6.49. The number of hydrogen-bond acceptors (Lipinski definition) is 3. The first-order valence-corrected chi connectivity index (χ1v) is 6.49. The van der Waals surface area contributed by atoms with Crippen LogP contribution in [0.25, 0.3) is 0 Å². The molecule has 0 unspecified atom stereocenters. The average Bonchev–Trinajstić information content (AvgIpc) is 2.11. The van der Waals surface area contributed by atoms with E-state index in [1.54, 1.807) is 13.0 Å². The molecule has 0 heterocycles. The molecular weight excluding hydrogens is 263 g/mol. The number of aryl methyl sites for hydroxylation is 1. The van der Waals surface area contributed by atoms with E-state index in [-0.39, 0.29) is 51.7 Å². The normalized spacial score (nSPS) is 11.9. The van der Waals surface area contributed by atoms with Gasteiger partial charge >= 0.3 is 29.6 Å². The summed E-state index contributed by atoms with van der Waals surface area (Å²) in [6, 6.07) is 3.05. The molecule has 3 nitrogen and oxygen atoms in total. The van der Waals surface area contributed by atoms with Crippen LogP contribution in [0.3, 0.4) is 0 Å². The maximum Gasteiger partial charge on any atom is 1.00 e. The zero-order valence-electron chi connectivity index (χ0n) is 13.6. The van der Waals surface area contributed by atoms with Crippen LogP contribution in [-0.2, 0) is 5.41 Å². The van der Waals surface area contributed by atoms with Crippen molar-refractivity contribution in [3.63, 3.8) is 0 Å². The number of rotatable bonds is 3. The molecule has 1 N–H and O–H groups in total. The van der Waals surface area contributed by atoms with Crippen LogP contribution >= 0.6 is 0 Å². The molecule has 0 aromatic heterocycles. The number of phenols is 1. The van der Waals surface area contributed by atoms with E-state index in [9.17, 15) is 15.0 Å². The van der Waals surface area contributed by atoms with E-state index < -0.39 is 5.97 Å². The van der Waals surface area contributed by atoms with Crippen LogP contribution in [0.2, 0.25) is 0 Å². The largest absolute Gasteiger partial charge is 1.00 e. The van der Waals surface area contributed by atoms with Crippen molar-refractivity contribution >= 4 is 5.97 Å². The summed E-state index contributed by atoms with van der Waals surface area (Å²) in [5.74, 6) is -1.05. The van der Waals surface area contributed by atoms with Crippen LogP contribution in [-0.4, -0.2) is 11.1 Å². The number of aromatic hydroxyl groups is 1. The molecule has 0 fully saturated rings. The number of carbonyl (C=O) groups is 1. The number of carboxylic acids is 1. The molecule has 1 rings (SSSR count). The van der Waals surface area contributed by atoms with Crippen molar-refractivity contribution in [2.24, 2.45) is 5.41 Å². The van der Waals surface area contributed by atoms with Crippen molar-refractivity contribution in [1.29, 1.82) is 0 Å². The van der Waals surface area contributed by atoms with E-state index in [1.807, 2.05) is 13.8 Å². The number of carboxylic acid groups (broad SMARTS) is 1. The molecule has 0 atom stereocenters. The molecule has 0 radical (unpaired) electrons. The van der Waals surface area contributed by atoms with Crippen LogP contribution in [0, 0.1) is 12.3 Å². The molecule has 4 heteroatoms. The fourth-order valence-electron chi connectivity index (χ4n) is 2.88. The van der Waals surface area contributed by atoms with Gasteiger partial charge in [-0.05, 0) is 41.9 Å². The van der Waals surface area contributed by atoms with Gasteiger partial charge < -0.3 is 15.0 Å². The van der Waals surface area contributed by atoms with Gasteiger partial charge in [0.15, 0.2) is 0 Å². The van der Waals surface area contributed by atoms with Crippen LogP contribution in [0.4, 0.5) is 0 Å². The molecule has 0 amide bonds. The Hall–Kier alpha value is -0.510.